The van der Waals surface area contributed by atoms with Crippen LogP contribution in [0.15, 0.2) is 54.9 Å². The number of rotatable bonds is 7. The number of benzene rings is 1. The predicted octanol–water partition coefficient (Wildman–Crippen LogP) is 4.05. The highest BCUT2D eigenvalue weighted by Gasteiger charge is 2.25. The topological polar surface area (TPSA) is 63.1 Å². The van der Waals surface area contributed by atoms with Gasteiger partial charge in [-0.25, -0.2) is 9.67 Å². The van der Waals surface area contributed by atoms with Crippen LogP contribution in [0.5, 0.6) is 0 Å². The van der Waals surface area contributed by atoms with E-state index in [9.17, 15) is 4.79 Å². The molecule has 7 heteroatoms. The zero-order valence-corrected chi connectivity index (χ0v) is 17.8. The van der Waals surface area contributed by atoms with Gasteiger partial charge < -0.3 is 5.32 Å². The van der Waals surface area contributed by atoms with E-state index in [2.05, 4.69) is 26.4 Å². The number of amides is 1. The summed E-state index contributed by atoms with van der Waals surface area (Å²) in [7, 11) is 0. The van der Waals surface area contributed by atoms with Crippen molar-refractivity contribution in [3.05, 3.63) is 76.7 Å². The lowest BCUT2D eigenvalue weighted by Crippen LogP contribution is -2.37. The molecular weight excluding hydrogens is 398 g/mol. The zero-order chi connectivity index (χ0) is 20.9. The van der Waals surface area contributed by atoms with Gasteiger partial charge in [0.15, 0.2) is 5.82 Å². The fourth-order valence-corrected chi connectivity index (χ4v) is 4.29. The molecule has 0 radical (unpaired) electrons. The van der Waals surface area contributed by atoms with Crippen molar-refractivity contribution in [2.24, 2.45) is 0 Å². The number of halogens is 1. The first-order valence-corrected chi connectivity index (χ1v) is 10.8. The van der Waals surface area contributed by atoms with Gasteiger partial charge in [0, 0.05) is 17.8 Å². The van der Waals surface area contributed by atoms with Gasteiger partial charge in [0.2, 0.25) is 0 Å². The third-order valence-electron chi connectivity index (χ3n) is 5.59. The number of hydrogen-bond donors (Lipinski definition) is 1. The molecule has 0 spiro atoms. The highest BCUT2D eigenvalue weighted by atomic mass is 35.5. The molecule has 1 N–H and O–H groups in total. The van der Waals surface area contributed by atoms with Crippen molar-refractivity contribution in [1.82, 2.24) is 25.0 Å². The Labute approximate surface area is 181 Å². The number of carbonyl (C=O) groups is 1. The summed E-state index contributed by atoms with van der Waals surface area (Å²) < 4.78 is 1.74. The lowest BCUT2D eigenvalue weighted by atomic mass is 10.1. The van der Waals surface area contributed by atoms with E-state index >= 15 is 0 Å². The first-order chi connectivity index (χ1) is 14.7. The Balaban J connectivity index is 1.53. The van der Waals surface area contributed by atoms with Crippen molar-refractivity contribution in [2.75, 3.05) is 19.6 Å². The van der Waals surface area contributed by atoms with E-state index in [1.54, 1.807) is 17.1 Å². The normalized spacial score (nSPS) is 15.3. The lowest BCUT2D eigenvalue weighted by molar-refractivity contribution is 0.0937. The van der Waals surface area contributed by atoms with Crippen LogP contribution in [0.1, 0.15) is 47.4 Å². The van der Waals surface area contributed by atoms with Crippen molar-refractivity contribution in [2.45, 2.75) is 32.2 Å². The van der Waals surface area contributed by atoms with E-state index in [1.165, 1.54) is 12.8 Å². The number of nitrogens with one attached hydrogen (secondary N) is 1. The van der Waals surface area contributed by atoms with E-state index in [-0.39, 0.29) is 11.9 Å². The van der Waals surface area contributed by atoms with Crippen LogP contribution in [0.3, 0.4) is 0 Å². The molecule has 3 heterocycles. The SMILES string of the molecule is CCc1c(C(=O)NCC(c2cccc(Cl)c2)N2CCCC2)cnn1-c1ccccn1. The summed E-state index contributed by atoms with van der Waals surface area (Å²) in [5.74, 6) is 0.600. The van der Waals surface area contributed by atoms with E-state index in [0.29, 0.717) is 29.4 Å². The molecule has 0 aliphatic carbocycles. The van der Waals surface area contributed by atoms with Gasteiger partial charge in [-0.05, 0) is 62.2 Å². The Bertz CT molecular complexity index is 998. The number of carbonyl (C=O) groups excluding carboxylic acids is 1. The number of hydrogen-bond acceptors (Lipinski definition) is 4. The maximum Gasteiger partial charge on any atom is 0.254 e. The number of aromatic nitrogens is 3. The van der Waals surface area contributed by atoms with E-state index < -0.39 is 0 Å². The van der Waals surface area contributed by atoms with E-state index in [1.807, 2.05) is 43.3 Å². The van der Waals surface area contributed by atoms with Gasteiger partial charge in [-0.1, -0.05) is 36.7 Å². The molecule has 1 aromatic carbocycles. The first-order valence-electron chi connectivity index (χ1n) is 10.4. The molecule has 1 aliphatic rings. The number of pyridine rings is 1. The van der Waals surface area contributed by atoms with Crippen molar-refractivity contribution in [1.29, 1.82) is 0 Å². The molecule has 1 aliphatic heterocycles. The van der Waals surface area contributed by atoms with Gasteiger partial charge in [0.25, 0.3) is 5.91 Å². The fourth-order valence-electron chi connectivity index (χ4n) is 4.09. The minimum absolute atomic E-state index is 0.103. The smallest absolute Gasteiger partial charge is 0.254 e. The van der Waals surface area contributed by atoms with Crippen LogP contribution in [0.25, 0.3) is 5.82 Å². The first kappa shape index (κ1) is 20.6. The monoisotopic (exact) mass is 423 g/mol. The molecule has 1 atom stereocenters. The third-order valence-corrected chi connectivity index (χ3v) is 5.82. The van der Waals surface area contributed by atoms with Crippen LogP contribution in [-0.4, -0.2) is 45.2 Å². The van der Waals surface area contributed by atoms with Gasteiger partial charge in [-0.2, -0.15) is 5.10 Å². The van der Waals surface area contributed by atoms with Crippen molar-refractivity contribution >= 4 is 17.5 Å². The summed E-state index contributed by atoms with van der Waals surface area (Å²) in [6.45, 7) is 4.61. The lowest BCUT2D eigenvalue weighted by Gasteiger charge is -2.28. The number of nitrogens with zero attached hydrogens (tertiary/aromatic N) is 4. The maximum absolute atomic E-state index is 13.1. The summed E-state index contributed by atoms with van der Waals surface area (Å²) in [6.07, 6.45) is 6.40. The van der Waals surface area contributed by atoms with Crippen LogP contribution in [0.2, 0.25) is 5.02 Å². The Hall–Kier alpha value is -2.70. The summed E-state index contributed by atoms with van der Waals surface area (Å²) in [4.78, 5) is 19.8. The van der Waals surface area contributed by atoms with E-state index in [4.69, 9.17) is 11.6 Å². The van der Waals surface area contributed by atoms with Gasteiger partial charge in [0.05, 0.1) is 23.5 Å². The second-order valence-electron chi connectivity index (χ2n) is 7.48. The average Bonchev–Trinajstić information content (AvgIpc) is 3.44. The molecule has 1 saturated heterocycles. The molecule has 3 aromatic rings. The highest BCUT2D eigenvalue weighted by Crippen LogP contribution is 2.26. The molecule has 6 nitrogen and oxygen atoms in total. The molecule has 1 fully saturated rings. The van der Waals surface area contributed by atoms with Crippen LogP contribution < -0.4 is 5.32 Å². The molecule has 1 amide bonds. The maximum atomic E-state index is 13.1. The Morgan fingerprint density at radius 3 is 2.73 bits per heavy atom. The van der Waals surface area contributed by atoms with Gasteiger partial charge in [-0.3, -0.25) is 9.69 Å². The minimum atomic E-state index is -0.111. The molecule has 156 valence electrons. The molecule has 1 unspecified atom stereocenters. The summed E-state index contributed by atoms with van der Waals surface area (Å²) >= 11 is 6.23. The molecular formula is C23H26ClN5O. The van der Waals surface area contributed by atoms with Crippen molar-refractivity contribution in [3.63, 3.8) is 0 Å². The summed E-state index contributed by atoms with van der Waals surface area (Å²) in [6, 6.07) is 13.7. The van der Waals surface area contributed by atoms with Crippen LogP contribution >= 0.6 is 11.6 Å². The van der Waals surface area contributed by atoms with Crippen LogP contribution in [0.4, 0.5) is 0 Å². The molecule has 30 heavy (non-hydrogen) atoms. The molecule has 4 rings (SSSR count). The molecule has 2 aromatic heterocycles. The predicted molar refractivity (Wildman–Crippen MR) is 118 cm³/mol. The number of likely N-dealkylation sites (tertiary alicyclic amines) is 1. The van der Waals surface area contributed by atoms with Crippen LogP contribution in [-0.2, 0) is 6.42 Å². The largest absolute Gasteiger partial charge is 0.350 e. The molecule has 0 bridgehead atoms. The van der Waals surface area contributed by atoms with Gasteiger partial charge >= 0.3 is 0 Å². The summed E-state index contributed by atoms with van der Waals surface area (Å²) in [5, 5.41) is 8.27. The standard InChI is InChI=1S/C23H26ClN5O/c1-2-20-19(15-27-29(20)22-10-3-4-11-25-22)23(30)26-16-21(28-12-5-6-13-28)17-8-7-9-18(24)14-17/h3-4,7-11,14-15,21H,2,5-6,12-13,16H2,1H3,(H,26,30). The second-order valence-corrected chi connectivity index (χ2v) is 7.92. The average molecular weight is 424 g/mol. The minimum Gasteiger partial charge on any atom is -0.350 e. The zero-order valence-electron chi connectivity index (χ0n) is 17.1. The van der Waals surface area contributed by atoms with E-state index in [0.717, 1.165) is 24.3 Å². The highest BCUT2D eigenvalue weighted by molar-refractivity contribution is 6.30. The van der Waals surface area contributed by atoms with Crippen molar-refractivity contribution < 1.29 is 4.79 Å². The fraction of sp³-hybridized carbons (Fsp3) is 0.348. The Morgan fingerprint density at radius 1 is 1.20 bits per heavy atom. The van der Waals surface area contributed by atoms with Crippen molar-refractivity contribution in [3.8, 4) is 5.82 Å². The quantitative estimate of drug-likeness (QED) is 0.622. The Morgan fingerprint density at radius 2 is 2.03 bits per heavy atom. The third kappa shape index (κ3) is 4.40. The van der Waals surface area contributed by atoms with Gasteiger partial charge in [0.1, 0.15) is 0 Å². The second kappa shape index (κ2) is 9.41. The molecule has 0 saturated carbocycles. The van der Waals surface area contributed by atoms with Crippen LogP contribution in [0, 0.1) is 0 Å². The summed E-state index contributed by atoms with van der Waals surface area (Å²) in [5.41, 5.74) is 2.57. The Kier molecular flexibility index (Phi) is 6.45. The van der Waals surface area contributed by atoms with Gasteiger partial charge in [-0.15, -0.1) is 0 Å².